The van der Waals surface area contributed by atoms with Crippen LogP contribution in [0.4, 0.5) is 11.4 Å². The smallest absolute Gasteiger partial charge is 0.251 e. The van der Waals surface area contributed by atoms with Gasteiger partial charge in [0.15, 0.2) is 0 Å². The summed E-state index contributed by atoms with van der Waals surface area (Å²) in [6, 6.07) is 8.33. The van der Waals surface area contributed by atoms with Gasteiger partial charge in [-0.3, -0.25) is 18.2 Å². The molecule has 40 heavy (non-hydrogen) atoms. The molecular weight excluding hydrogens is 528 g/mol. The third kappa shape index (κ3) is 9.69. The summed E-state index contributed by atoms with van der Waals surface area (Å²) in [7, 11) is -2.94. The van der Waals surface area contributed by atoms with Crippen molar-refractivity contribution in [2.45, 2.75) is 90.8 Å². The molecule has 226 valence electrons. The summed E-state index contributed by atoms with van der Waals surface area (Å²) in [6.07, 6.45) is 5.92. The monoisotopic (exact) mass is 578 g/mol. The number of rotatable bonds is 15. The molecule has 3 rings (SSSR count). The molecule has 1 aliphatic heterocycles. The number of aliphatic hydroxyl groups excluding tert-OH is 1. The highest BCUT2D eigenvalue weighted by atomic mass is 32.3. The van der Waals surface area contributed by atoms with Crippen LogP contribution in [0.15, 0.2) is 41.0 Å². The minimum atomic E-state index is -2.94. The third-order valence-electron chi connectivity index (χ3n) is 7.39. The molecule has 0 radical (unpaired) electrons. The van der Waals surface area contributed by atoms with Gasteiger partial charge in [0, 0.05) is 42.8 Å². The Morgan fingerprint density at radius 2 is 1.98 bits per heavy atom. The molecule has 0 spiro atoms. The molecule has 1 aromatic carbocycles. The number of nitrogens with zero attached hydrogens (tertiary/aromatic N) is 1. The van der Waals surface area contributed by atoms with Crippen LogP contribution in [0.3, 0.4) is 0 Å². The number of hydrogen-bond acceptors (Lipinski definition) is 8. The van der Waals surface area contributed by atoms with E-state index in [1.54, 1.807) is 28.8 Å². The SMILES string of the molecule is CCNc1cc(C(=O)N[C@@H](Cc2ccco2)[C@@H](O)CNC(C)(C)CCCC(C)C)cc(N2CCCCS2(O)O)c1. The maximum absolute atomic E-state index is 13.6. The number of β-amino-alcohol motifs (C(OH)–C–C–N with tert-alkyl or cyclic N) is 1. The van der Waals surface area contributed by atoms with Crippen LogP contribution in [0.1, 0.15) is 82.8 Å². The molecule has 1 fully saturated rings. The average Bonchev–Trinajstić information content (AvgIpc) is 3.39. The van der Waals surface area contributed by atoms with E-state index in [9.17, 15) is 19.0 Å². The second-order valence-electron chi connectivity index (χ2n) is 11.9. The van der Waals surface area contributed by atoms with Crippen LogP contribution in [0.25, 0.3) is 0 Å². The van der Waals surface area contributed by atoms with E-state index >= 15 is 0 Å². The number of furan rings is 1. The number of aliphatic hydroxyl groups is 1. The summed E-state index contributed by atoms with van der Waals surface area (Å²) >= 11 is 0. The first-order valence-corrected chi connectivity index (χ1v) is 16.3. The van der Waals surface area contributed by atoms with E-state index in [4.69, 9.17) is 4.42 Å². The highest BCUT2D eigenvalue weighted by Gasteiger charge is 2.29. The van der Waals surface area contributed by atoms with E-state index in [-0.39, 0.29) is 11.4 Å². The van der Waals surface area contributed by atoms with Crippen LogP contribution in [0, 0.1) is 5.92 Å². The molecule has 2 heterocycles. The second kappa shape index (κ2) is 14.6. The van der Waals surface area contributed by atoms with Crippen LogP contribution in [0.2, 0.25) is 0 Å². The van der Waals surface area contributed by atoms with Crippen molar-refractivity contribution in [1.29, 1.82) is 0 Å². The number of carbonyl (C=O) groups excluding carboxylic acids is 1. The fourth-order valence-electron chi connectivity index (χ4n) is 5.04. The van der Waals surface area contributed by atoms with Gasteiger partial charge in [0.1, 0.15) is 5.76 Å². The van der Waals surface area contributed by atoms with Gasteiger partial charge in [-0.2, -0.15) is 0 Å². The Bertz CT molecular complexity index is 1060. The Morgan fingerprint density at radius 3 is 2.62 bits per heavy atom. The normalized spacial score (nSPS) is 17.9. The summed E-state index contributed by atoms with van der Waals surface area (Å²) in [5.41, 5.74) is 1.55. The van der Waals surface area contributed by atoms with Crippen LogP contribution < -0.4 is 20.3 Å². The van der Waals surface area contributed by atoms with Gasteiger partial charge in [-0.05, 0) is 76.3 Å². The molecular formula is C30H50N4O5S. The summed E-state index contributed by atoms with van der Waals surface area (Å²) in [5, 5.41) is 21.0. The van der Waals surface area contributed by atoms with Crippen molar-refractivity contribution < 1.29 is 23.4 Å². The lowest BCUT2D eigenvalue weighted by Crippen LogP contribution is -2.52. The van der Waals surface area contributed by atoms with E-state index < -0.39 is 22.9 Å². The maximum Gasteiger partial charge on any atom is 0.251 e. The Balaban J connectivity index is 1.78. The Hall–Kier alpha value is -2.24. The van der Waals surface area contributed by atoms with Crippen LogP contribution >= 0.6 is 10.8 Å². The van der Waals surface area contributed by atoms with Gasteiger partial charge in [0.25, 0.3) is 5.91 Å². The van der Waals surface area contributed by atoms with E-state index in [1.165, 1.54) is 0 Å². The first-order chi connectivity index (χ1) is 18.9. The minimum Gasteiger partial charge on any atom is -0.469 e. The molecule has 0 bridgehead atoms. The zero-order valence-corrected chi connectivity index (χ0v) is 25.6. The molecule has 0 saturated carbocycles. The Kier molecular flexibility index (Phi) is 11.8. The lowest BCUT2D eigenvalue weighted by Gasteiger charge is -2.47. The van der Waals surface area contributed by atoms with E-state index in [0.717, 1.165) is 37.8 Å². The van der Waals surface area contributed by atoms with Gasteiger partial charge in [-0.25, -0.2) is 0 Å². The fraction of sp³-hybridized carbons (Fsp3) is 0.633. The van der Waals surface area contributed by atoms with Crippen LogP contribution in [-0.4, -0.2) is 63.2 Å². The van der Waals surface area contributed by atoms with E-state index in [1.807, 2.05) is 19.1 Å². The molecule has 9 nitrogen and oxygen atoms in total. The molecule has 1 aromatic heterocycles. The van der Waals surface area contributed by atoms with Gasteiger partial charge in [0.2, 0.25) is 0 Å². The number of benzene rings is 1. The van der Waals surface area contributed by atoms with Gasteiger partial charge in [0.05, 0.1) is 29.8 Å². The number of carbonyl (C=O) groups is 1. The lowest BCUT2D eigenvalue weighted by atomic mass is 9.94. The first kappa shape index (κ1) is 32.3. The quantitative estimate of drug-likeness (QED) is 0.155. The van der Waals surface area contributed by atoms with Crippen molar-refractivity contribution >= 4 is 28.1 Å². The number of anilines is 2. The van der Waals surface area contributed by atoms with Gasteiger partial charge in [-0.15, -0.1) is 10.8 Å². The van der Waals surface area contributed by atoms with Crippen molar-refractivity contribution in [3.05, 3.63) is 47.9 Å². The second-order valence-corrected chi connectivity index (χ2v) is 14.0. The van der Waals surface area contributed by atoms with Crippen molar-refractivity contribution in [3.8, 4) is 0 Å². The summed E-state index contributed by atoms with van der Waals surface area (Å²) in [6.45, 7) is 12.2. The highest BCUT2D eigenvalue weighted by Crippen LogP contribution is 2.50. The molecule has 2 aromatic rings. The predicted octanol–water partition coefficient (Wildman–Crippen LogP) is 5.87. The van der Waals surface area contributed by atoms with Crippen molar-refractivity contribution in [3.63, 3.8) is 0 Å². The summed E-state index contributed by atoms with van der Waals surface area (Å²) in [5.74, 6) is 1.30. The van der Waals surface area contributed by atoms with Gasteiger partial charge < -0.3 is 25.5 Å². The van der Waals surface area contributed by atoms with Crippen molar-refractivity contribution in [1.82, 2.24) is 10.6 Å². The lowest BCUT2D eigenvalue weighted by molar-refractivity contribution is 0.0804. The molecule has 1 saturated heterocycles. The van der Waals surface area contributed by atoms with Crippen molar-refractivity contribution in [2.75, 3.05) is 35.0 Å². The number of nitrogens with one attached hydrogen (secondary N) is 3. The summed E-state index contributed by atoms with van der Waals surface area (Å²) in [4.78, 5) is 13.6. The first-order valence-electron chi connectivity index (χ1n) is 14.6. The molecule has 10 heteroatoms. The average molecular weight is 579 g/mol. The van der Waals surface area contributed by atoms with Crippen LogP contribution in [-0.2, 0) is 6.42 Å². The van der Waals surface area contributed by atoms with E-state index in [2.05, 4.69) is 43.6 Å². The zero-order valence-electron chi connectivity index (χ0n) is 24.8. The molecule has 1 aliphatic rings. The van der Waals surface area contributed by atoms with Crippen molar-refractivity contribution in [2.24, 2.45) is 5.92 Å². The number of hydrogen-bond donors (Lipinski definition) is 6. The third-order valence-corrected chi connectivity index (χ3v) is 9.32. The minimum absolute atomic E-state index is 0.151. The Morgan fingerprint density at radius 1 is 1.20 bits per heavy atom. The number of amides is 1. The molecule has 1 amide bonds. The maximum atomic E-state index is 13.6. The highest BCUT2D eigenvalue weighted by molar-refractivity contribution is 8.25. The van der Waals surface area contributed by atoms with Crippen LogP contribution in [0.5, 0.6) is 0 Å². The predicted molar refractivity (Wildman–Crippen MR) is 165 cm³/mol. The topological polar surface area (TPSA) is 130 Å². The fourth-order valence-corrected chi connectivity index (χ4v) is 6.72. The van der Waals surface area contributed by atoms with Gasteiger partial charge in [-0.1, -0.05) is 26.7 Å². The standard InChI is InChI=1S/C30H50N4O5S/c1-6-31-24-17-23(18-25(19-24)34-14-7-8-16-40(34,37)38)29(36)33-27(20-26-12-10-15-39-26)28(35)21-32-30(4,5)13-9-11-22(2)3/h10,12,15,17-19,22,27-28,31-32,35,37-38H,6-9,11,13-14,16,20-21H2,1-5H3,(H,33,36)/t27-,28-/m0/s1. The summed E-state index contributed by atoms with van der Waals surface area (Å²) < 4.78 is 28.6. The molecule has 0 aliphatic carbocycles. The van der Waals surface area contributed by atoms with E-state index in [0.29, 0.717) is 54.7 Å². The van der Waals surface area contributed by atoms with Gasteiger partial charge >= 0.3 is 0 Å². The molecule has 6 N–H and O–H groups in total. The zero-order chi connectivity index (χ0) is 29.3. The largest absolute Gasteiger partial charge is 0.469 e. The molecule has 2 atom stereocenters. The Labute approximate surface area is 241 Å². The molecule has 0 unspecified atom stereocenters.